The molecule has 37 heavy (non-hydrogen) atoms. The summed E-state index contributed by atoms with van der Waals surface area (Å²) in [5, 5.41) is 16.1. The van der Waals surface area contributed by atoms with Crippen LogP contribution in [0.2, 0.25) is 0 Å². The number of ether oxygens (including phenoxy) is 1. The van der Waals surface area contributed by atoms with Gasteiger partial charge < -0.3 is 9.84 Å². The molecule has 4 heterocycles. The third-order valence-corrected chi connectivity index (χ3v) is 8.57. The molecule has 1 aromatic heterocycles. The molecule has 1 N–H and O–H groups in total. The first-order valence-electron chi connectivity index (χ1n) is 13.2. The van der Waals surface area contributed by atoms with Gasteiger partial charge in [0.15, 0.2) is 0 Å². The van der Waals surface area contributed by atoms with E-state index in [1.165, 1.54) is 22.6 Å². The van der Waals surface area contributed by atoms with E-state index in [4.69, 9.17) is 4.74 Å². The Labute approximate surface area is 216 Å². The first kappa shape index (κ1) is 22.3. The number of hydrogen-bond acceptors (Lipinski definition) is 4. The number of phenolic OH excluding ortho intramolecular Hbond substituents is 1. The molecule has 184 valence electrons. The number of aromatic hydroxyl groups is 1. The summed E-state index contributed by atoms with van der Waals surface area (Å²) in [5.41, 5.74) is 1.94. The molecule has 0 spiro atoms. The van der Waals surface area contributed by atoms with Crippen molar-refractivity contribution in [3.63, 3.8) is 0 Å². The second kappa shape index (κ2) is 8.89. The Balaban J connectivity index is 1.38. The average Bonchev–Trinajstić information content (AvgIpc) is 2.95. The number of fused-ring (bicyclic) bond motifs is 7. The van der Waals surface area contributed by atoms with Crippen LogP contribution in [0.4, 0.5) is 0 Å². The number of rotatable bonds is 5. The number of phenols is 1. The van der Waals surface area contributed by atoms with Crippen LogP contribution in [0.1, 0.15) is 24.5 Å². The summed E-state index contributed by atoms with van der Waals surface area (Å²) in [6, 6.07) is 27.0. The van der Waals surface area contributed by atoms with E-state index in [0.717, 1.165) is 47.1 Å². The van der Waals surface area contributed by atoms with Gasteiger partial charge in [-0.3, -0.25) is 9.88 Å². The highest BCUT2D eigenvalue weighted by atomic mass is 16.5. The van der Waals surface area contributed by atoms with Crippen LogP contribution in [-0.4, -0.2) is 34.1 Å². The van der Waals surface area contributed by atoms with Crippen molar-refractivity contribution >= 4 is 32.4 Å². The first-order chi connectivity index (χ1) is 18.2. The molecule has 0 amide bonds. The summed E-state index contributed by atoms with van der Waals surface area (Å²) < 4.78 is 7.09. The Morgan fingerprint density at radius 1 is 0.946 bits per heavy atom. The molecule has 1 unspecified atom stereocenters. The Morgan fingerprint density at radius 2 is 1.84 bits per heavy atom. The topological polar surface area (TPSA) is 45.6 Å². The molecule has 4 nitrogen and oxygen atoms in total. The predicted molar refractivity (Wildman–Crippen MR) is 150 cm³/mol. The van der Waals surface area contributed by atoms with Gasteiger partial charge in [0.2, 0.25) is 0 Å². The lowest BCUT2D eigenvalue weighted by Crippen LogP contribution is -2.55. The van der Waals surface area contributed by atoms with Crippen molar-refractivity contribution < 1.29 is 9.84 Å². The lowest BCUT2D eigenvalue weighted by Gasteiger charge is -2.51. The quantitative estimate of drug-likeness (QED) is 0.210. The molecule has 2 bridgehead atoms. The highest BCUT2D eigenvalue weighted by molar-refractivity contribution is 6.09. The molecule has 4 aromatic carbocycles. The average molecular weight is 487 g/mol. The van der Waals surface area contributed by atoms with Crippen molar-refractivity contribution in [3.05, 3.63) is 103 Å². The molecule has 8 rings (SSSR count). The van der Waals surface area contributed by atoms with E-state index in [-0.39, 0.29) is 17.9 Å². The van der Waals surface area contributed by atoms with Crippen LogP contribution >= 0.6 is 0 Å². The number of nitrogens with zero attached hydrogens (tertiary/aromatic N) is 2. The highest BCUT2D eigenvalue weighted by Crippen LogP contribution is 2.45. The van der Waals surface area contributed by atoms with Crippen LogP contribution in [0.15, 0.2) is 97.7 Å². The van der Waals surface area contributed by atoms with Gasteiger partial charge in [-0.15, -0.1) is 6.58 Å². The summed E-state index contributed by atoms with van der Waals surface area (Å²) in [5.74, 6) is 2.29. The summed E-state index contributed by atoms with van der Waals surface area (Å²) >= 11 is 0. The molecule has 4 heteroatoms. The van der Waals surface area contributed by atoms with Crippen molar-refractivity contribution in [1.29, 1.82) is 0 Å². The van der Waals surface area contributed by atoms with Gasteiger partial charge in [-0.1, -0.05) is 54.6 Å². The van der Waals surface area contributed by atoms with Crippen LogP contribution in [0.3, 0.4) is 0 Å². The van der Waals surface area contributed by atoms with E-state index >= 15 is 0 Å². The minimum atomic E-state index is -0.196. The first-order valence-corrected chi connectivity index (χ1v) is 13.2. The van der Waals surface area contributed by atoms with Crippen molar-refractivity contribution in [2.24, 2.45) is 11.8 Å². The van der Waals surface area contributed by atoms with E-state index in [2.05, 4.69) is 83.2 Å². The highest BCUT2D eigenvalue weighted by Gasteiger charge is 2.44. The van der Waals surface area contributed by atoms with Crippen molar-refractivity contribution in [2.75, 3.05) is 13.1 Å². The van der Waals surface area contributed by atoms with Crippen molar-refractivity contribution in [1.82, 2.24) is 9.88 Å². The summed E-state index contributed by atoms with van der Waals surface area (Å²) in [6.07, 6.45) is 6.08. The molecule has 3 aliphatic rings. The fraction of sp³-hybridized carbons (Fsp3) is 0.242. The lowest BCUT2D eigenvalue weighted by molar-refractivity contribution is -0.0353. The number of aromatic nitrogens is 1. The zero-order chi connectivity index (χ0) is 24.9. The Kier molecular flexibility index (Phi) is 5.37. The molecule has 0 saturated carbocycles. The van der Waals surface area contributed by atoms with Crippen LogP contribution in [-0.2, 0) is 0 Å². The van der Waals surface area contributed by atoms with Gasteiger partial charge in [0.1, 0.15) is 17.6 Å². The Morgan fingerprint density at radius 3 is 2.70 bits per heavy atom. The number of benzene rings is 4. The van der Waals surface area contributed by atoms with Gasteiger partial charge in [-0.25, -0.2) is 0 Å². The zero-order valence-corrected chi connectivity index (χ0v) is 20.8. The second-order valence-electron chi connectivity index (χ2n) is 10.5. The summed E-state index contributed by atoms with van der Waals surface area (Å²) in [6.45, 7) is 6.21. The monoisotopic (exact) mass is 486 g/mol. The largest absolute Gasteiger partial charge is 0.508 e. The molecular weight excluding hydrogens is 456 g/mol. The van der Waals surface area contributed by atoms with Gasteiger partial charge in [-0.2, -0.15) is 0 Å². The van der Waals surface area contributed by atoms with Crippen LogP contribution in [0, 0.1) is 11.8 Å². The van der Waals surface area contributed by atoms with Gasteiger partial charge in [0, 0.05) is 29.1 Å². The van der Waals surface area contributed by atoms with Gasteiger partial charge in [0.25, 0.3) is 0 Å². The van der Waals surface area contributed by atoms with E-state index in [1.54, 1.807) is 6.07 Å². The fourth-order valence-electron chi connectivity index (χ4n) is 6.70. The Bertz CT molecular complexity index is 1640. The minimum Gasteiger partial charge on any atom is -0.508 e. The molecule has 0 radical (unpaired) electrons. The van der Waals surface area contributed by atoms with E-state index in [0.29, 0.717) is 11.8 Å². The van der Waals surface area contributed by atoms with E-state index in [1.807, 2.05) is 18.3 Å². The summed E-state index contributed by atoms with van der Waals surface area (Å²) in [4.78, 5) is 7.17. The molecule has 3 saturated heterocycles. The normalized spacial score (nSPS) is 23.9. The molecule has 5 aromatic rings. The third-order valence-electron chi connectivity index (χ3n) is 8.57. The molecule has 5 atom stereocenters. The van der Waals surface area contributed by atoms with Crippen LogP contribution in [0.25, 0.3) is 32.4 Å². The maximum absolute atomic E-state index is 10.4. The second-order valence-corrected chi connectivity index (χ2v) is 10.5. The smallest absolute Gasteiger partial charge is 0.140 e. The van der Waals surface area contributed by atoms with Crippen molar-refractivity contribution in [3.8, 4) is 11.5 Å². The summed E-state index contributed by atoms with van der Waals surface area (Å²) in [7, 11) is 0. The van der Waals surface area contributed by atoms with Crippen molar-refractivity contribution in [2.45, 2.75) is 25.0 Å². The van der Waals surface area contributed by atoms with Gasteiger partial charge in [0.05, 0.1) is 11.6 Å². The van der Waals surface area contributed by atoms with Crippen LogP contribution in [0.5, 0.6) is 11.5 Å². The standard InChI is InChI=1S/C33H30N2O2/c1-2-21-20-35-17-15-23(21)18-31(35)33(28-14-16-34-30-13-11-24(36)19-29(28)30)37-32-9-5-8-26-25-7-4-3-6-22(25)10-12-27(26)32/h2-14,16,19,21,23,31,33,36H,1,15,17-18,20H2/t21-,23-,31+,33-/m0/s1. The SMILES string of the molecule is C=C[C@H]1CN2CC[C@H]1C[C@@H]2[C@@H](Oc1cccc2c1ccc1ccccc12)c1ccnc2ccc(O)cc12. The van der Waals surface area contributed by atoms with E-state index in [9.17, 15) is 5.11 Å². The predicted octanol–water partition coefficient (Wildman–Crippen LogP) is 7.26. The van der Waals surface area contributed by atoms with Crippen LogP contribution < -0.4 is 4.74 Å². The molecule has 0 aliphatic carbocycles. The van der Waals surface area contributed by atoms with E-state index < -0.39 is 0 Å². The fourth-order valence-corrected chi connectivity index (χ4v) is 6.70. The minimum absolute atomic E-state index is 0.196. The molecule has 3 fully saturated rings. The number of piperidine rings is 3. The maximum atomic E-state index is 10.4. The maximum Gasteiger partial charge on any atom is 0.140 e. The molecule has 3 aliphatic heterocycles. The zero-order valence-electron chi connectivity index (χ0n) is 20.8. The number of hydrogen-bond donors (Lipinski definition) is 1. The van der Waals surface area contributed by atoms with Gasteiger partial charge in [-0.05, 0) is 77.7 Å². The lowest BCUT2D eigenvalue weighted by atomic mass is 9.73. The molecular formula is C33H30N2O2. The van der Waals surface area contributed by atoms with Gasteiger partial charge >= 0.3 is 0 Å². The third kappa shape index (κ3) is 3.75. The number of pyridine rings is 1. The Hall–Kier alpha value is -3.89.